The molecule has 0 saturated carbocycles. The third-order valence-electron chi connectivity index (χ3n) is 2.81. The van der Waals surface area contributed by atoms with Crippen LogP contribution in [-0.4, -0.2) is 26.1 Å². The van der Waals surface area contributed by atoms with Crippen molar-refractivity contribution >= 4 is 21.8 Å². The van der Waals surface area contributed by atoms with Gasteiger partial charge in [-0.25, -0.2) is 0 Å². The molecule has 0 fully saturated rings. The van der Waals surface area contributed by atoms with Gasteiger partial charge in [-0.15, -0.1) is 0 Å². The molecule has 0 spiro atoms. The third kappa shape index (κ3) is 5.92. The second-order valence-electron chi connectivity index (χ2n) is 5.08. The molecule has 0 aliphatic carbocycles. The molecule has 0 radical (unpaired) electrons. The molecule has 112 valence electrons. The molecule has 1 amide bonds. The van der Waals surface area contributed by atoms with E-state index in [2.05, 4.69) is 40.4 Å². The summed E-state index contributed by atoms with van der Waals surface area (Å²) in [6.45, 7) is 5.70. The van der Waals surface area contributed by atoms with E-state index in [1.807, 2.05) is 25.2 Å². The van der Waals surface area contributed by atoms with Crippen LogP contribution in [0.3, 0.4) is 0 Å². The lowest BCUT2D eigenvalue weighted by Gasteiger charge is -2.13. The van der Waals surface area contributed by atoms with E-state index in [-0.39, 0.29) is 12.5 Å². The van der Waals surface area contributed by atoms with Crippen molar-refractivity contribution in [1.29, 1.82) is 0 Å². The summed E-state index contributed by atoms with van der Waals surface area (Å²) in [5, 5.41) is 5.94. The van der Waals surface area contributed by atoms with Crippen LogP contribution in [0.25, 0.3) is 0 Å². The standard InChI is InChI=1S/C15H23BrN2O2/c1-11(2)7-8-18-14(19)10-20-15-12(9-17-3)5-4-6-13(15)16/h4-6,11,17H,7-10H2,1-3H3,(H,18,19). The van der Waals surface area contributed by atoms with Crippen molar-refractivity contribution in [3.05, 3.63) is 28.2 Å². The van der Waals surface area contributed by atoms with Gasteiger partial charge in [0, 0.05) is 18.7 Å². The molecule has 0 atom stereocenters. The number of amides is 1. The molecular weight excluding hydrogens is 320 g/mol. The van der Waals surface area contributed by atoms with Gasteiger partial charge < -0.3 is 15.4 Å². The van der Waals surface area contributed by atoms with Gasteiger partial charge in [0.15, 0.2) is 6.61 Å². The average molecular weight is 343 g/mol. The van der Waals surface area contributed by atoms with E-state index in [1.165, 1.54) is 0 Å². The second-order valence-corrected chi connectivity index (χ2v) is 5.93. The van der Waals surface area contributed by atoms with Crippen molar-refractivity contribution in [2.45, 2.75) is 26.8 Å². The molecule has 0 aromatic heterocycles. The number of hydrogen-bond donors (Lipinski definition) is 2. The van der Waals surface area contributed by atoms with E-state index < -0.39 is 0 Å². The summed E-state index contributed by atoms with van der Waals surface area (Å²) >= 11 is 3.45. The van der Waals surface area contributed by atoms with Crippen molar-refractivity contribution in [3.8, 4) is 5.75 Å². The maximum absolute atomic E-state index is 11.7. The molecule has 0 aliphatic heterocycles. The van der Waals surface area contributed by atoms with Crippen molar-refractivity contribution in [2.75, 3.05) is 20.2 Å². The third-order valence-corrected chi connectivity index (χ3v) is 3.43. The van der Waals surface area contributed by atoms with Crippen LogP contribution in [0.2, 0.25) is 0 Å². The highest BCUT2D eigenvalue weighted by atomic mass is 79.9. The van der Waals surface area contributed by atoms with E-state index >= 15 is 0 Å². The van der Waals surface area contributed by atoms with Gasteiger partial charge in [-0.05, 0) is 41.4 Å². The van der Waals surface area contributed by atoms with Crippen LogP contribution in [0.5, 0.6) is 5.75 Å². The lowest BCUT2D eigenvalue weighted by atomic mass is 10.1. The number of carbonyl (C=O) groups is 1. The largest absolute Gasteiger partial charge is 0.482 e. The van der Waals surface area contributed by atoms with Crippen LogP contribution in [-0.2, 0) is 11.3 Å². The molecule has 0 aliphatic rings. The molecule has 0 saturated heterocycles. The molecule has 5 heteroatoms. The van der Waals surface area contributed by atoms with Gasteiger partial charge in [0.2, 0.25) is 0 Å². The Morgan fingerprint density at radius 3 is 2.80 bits per heavy atom. The lowest BCUT2D eigenvalue weighted by Crippen LogP contribution is -2.30. The highest BCUT2D eigenvalue weighted by Crippen LogP contribution is 2.28. The number of nitrogens with one attached hydrogen (secondary N) is 2. The van der Waals surface area contributed by atoms with Gasteiger partial charge >= 0.3 is 0 Å². The highest BCUT2D eigenvalue weighted by molar-refractivity contribution is 9.10. The normalized spacial score (nSPS) is 10.7. The molecule has 1 aromatic carbocycles. The Morgan fingerprint density at radius 1 is 1.40 bits per heavy atom. The summed E-state index contributed by atoms with van der Waals surface area (Å²) in [5.74, 6) is 1.22. The molecular formula is C15H23BrN2O2. The van der Waals surface area contributed by atoms with Crippen LogP contribution < -0.4 is 15.4 Å². The van der Waals surface area contributed by atoms with Crippen LogP contribution in [0.1, 0.15) is 25.8 Å². The van der Waals surface area contributed by atoms with Crippen molar-refractivity contribution in [3.63, 3.8) is 0 Å². The fraction of sp³-hybridized carbons (Fsp3) is 0.533. The van der Waals surface area contributed by atoms with Gasteiger partial charge in [0.25, 0.3) is 5.91 Å². The van der Waals surface area contributed by atoms with E-state index in [1.54, 1.807) is 0 Å². The first-order chi connectivity index (χ1) is 9.54. The number of benzene rings is 1. The maximum atomic E-state index is 11.7. The monoisotopic (exact) mass is 342 g/mol. The number of halogens is 1. The van der Waals surface area contributed by atoms with Crippen LogP contribution in [0.4, 0.5) is 0 Å². The van der Waals surface area contributed by atoms with Gasteiger partial charge in [0.05, 0.1) is 4.47 Å². The van der Waals surface area contributed by atoms with E-state index in [9.17, 15) is 4.79 Å². The quantitative estimate of drug-likeness (QED) is 0.763. The minimum absolute atomic E-state index is 0.0391. The predicted molar refractivity (Wildman–Crippen MR) is 84.9 cm³/mol. The molecule has 0 bridgehead atoms. The summed E-state index contributed by atoms with van der Waals surface area (Å²) in [5.41, 5.74) is 1.02. The minimum Gasteiger partial charge on any atom is -0.482 e. The Bertz CT molecular complexity index is 436. The van der Waals surface area contributed by atoms with Crippen LogP contribution in [0.15, 0.2) is 22.7 Å². The lowest BCUT2D eigenvalue weighted by molar-refractivity contribution is -0.123. The van der Waals surface area contributed by atoms with E-state index in [0.29, 0.717) is 19.0 Å². The summed E-state index contributed by atoms with van der Waals surface area (Å²) in [4.78, 5) is 11.7. The Kier molecular flexibility index (Phi) is 7.62. The van der Waals surface area contributed by atoms with E-state index in [4.69, 9.17) is 4.74 Å². The highest BCUT2D eigenvalue weighted by Gasteiger charge is 2.10. The summed E-state index contributed by atoms with van der Waals surface area (Å²) in [6, 6.07) is 5.84. The molecule has 2 N–H and O–H groups in total. The molecule has 4 nitrogen and oxygen atoms in total. The van der Waals surface area contributed by atoms with Crippen molar-refractivity contribution < 1.29 is 9.53 Å². The molecule has 20 heavy (non-hydrogen) atoms. The first kappa shape index (κ1) is 17.0. The first-order valence-corrected chi connectivity index (χ1v) is 7.65. The minimum atomic E-state index is -0.0863. The summed E-state index contributed by atoms with van der Waals surface area (Å²) < 4.78 is 6.50. The maximum Gasteiger partial charge on any atom is 0.257 e. The zero-order valence-electron chi connectivity index (χ0n) is 12.3. The first-order valence-electron chi connectivity index (χ1n) is 6.86. The summed E-state index contributed by atoms with van der Waals surface area (Å²) in [6.07, 6.45) is 0.978. The Morgan fingerprint density at radius 2 is 2.15 bits per heavy atom. The summed E-state index contributed by atoms with van der Waals surface area (Å²) in [7, 11) is 1.88. The van der Waals surface area contributed by atoms with Gasteiger partial charge in [-0.3, -0.25) is 4.79 Å². The zero-order valence-corrected chi connectivity index (χ0v) is 13.9. The Hall–Kier alpha value is -1.07. The number of rotatable bonds is 8. The fourth-order valence-corrected chi connectivity index (χ4v) is 2.26. The van der Waals surface area contributed by atoms with Gasteiger partial charge in [-0.1, -0.05) is 26.0 Å². The molecule has 1 rings (SSSR count). The van der Waals surface area contributed by atoms with Gasteiger partial charge in [0.1, 0.15) is 5.75 Å². The Balaban J connectivity index is 2.50. The average Bonchev–Trinajstić information content (AvgIpc) is 2.38. The fourth-order valence-electron chi connectivity index (χ4n) is 1.73. The number of hydrogen-bond acceptors (Lipinski definition) is 3. The number of carbonyl (C=O) groups excluding carboxylic acids is 1. The zero-order chi connectivity index (χ0) is 15.0. The van der Waals surface area contributed by atoms with Crippen LogP contribution >= 0.6 is 15.9 Å². The number of ether oxygens (including phenoxy) is 1. The van der Waals surface area contributed by atoms with Gasteiger partial charge in [-0.2, -0.15) is 0 Å². The molecule has 0 heterocycles. The topological polar surface area (TPSA) is 50.4 Å². The van der Waals surface area contributed by atoms with Crippen molar-refractivity contribution in [2.24, 2.45) is 5.92 Å². The van der Waals surface area contributed by atoms with Crippen LogP contribution in [0, 0.1) is 5.92 Å². The smallest absolute Gasteiger partial charge is 0.257 e. The SMILES string of the molecule is CNCc1cccc(Br)c1OCC(=O)NCCC(C)C. The number of para-hydroxylation sites is 1. The Labute approximate surface area is 129 Å². The molecule has 0 unspecified atom stereocenters. The van der Waals surface area contributed by atoms with Crippen molar-refractivity contribution in [1.82, 2.24) is 10.6 Å². The molecule has 1 aromatic rings. The van der Waals surface area contributed by atoms with E-state index in [0.717, 1.165) is 22.2 Å². The second kappa shape index (κ2) is 8.97. The predicted octanol–water partition coefficient (Wildman–Crippen LogP) is 2.71.